The van der Waals surface area contributed by atoms with Gasteiger partial charge in [-0.25, -0.2) is 5.01 Å². The molecule has 0 unspecified atom stereocenters. The third-order valence-electron chi connectivity index (χ3n) is 4.21. The first-order valence-electron chi connectivity index (χ1n) is 8.95. The number of nitrogens with zero attached hydrogens (tertiary/aromatic N) is 4. The molecule has 0 fully saturated rings. The van der Waals surface area contributed by atoms with Gasteiger partial charge in [0.05, 0.1) is 18.0 Å². The number of aromatic nitrogens is 2. The molecule has 2 heterocycles. The number of anilines is 1. The summed E-state index contributed by atoms with van der Waals surface area (Å²) < 4.78 is 0.773. The van der Waals surface area contributed by atoms with E-state index in [1.807, 2.05) is 48.5 Å². The fourth-order valence-corrected chi connectivity index (χ4v) is 4.40. The van der Waals surface area contributed by atoms with Crippen LogP contribution in [0.25, 0.3) is 0 Å². The number of carbonyl (C=O) groups is 1. The summed E-state index contributed by atoms with van der Waals surface area (Å²) in [5.41, 5.74) is 3.22. The summed E-state index contributed by atoms with van der Waals surface area (Å²) in [6.07, 6.45) is 0.785. The van der Waals surface area contributed by atoms with E-state index in [4.69, 9.17) is 0 Å². The molecule has 142 valence electrons. The van der Waals surface area contributed by atoms with Gasteiger partial charge in [-0.1, -0.05) is 83.8 Å². The summed E-state index contributed by atoms with van der Waals surface area (Å²) in [6, 6.07) is 20.1. The van der Waals surface area contributed by atoms with Crippen LogP contribution in [0, 0.1) is 0 Å². The summed E-state index contributed by atoms with van der Waals surface area (Å²) >= 11 is 2.86. The van der Waals surface area contributed by atoms with E-state index in [-0.39, 0.29) is 5.91 Å². The normalized spacial score (nSPS) is 13.4. The number of hydrazone groups is 1. The number of hydrogen-bond acceptors (Lipinski definition) is 7. The van der Waals surface area contributed by atoms with Gasteiger partial charge in [0, 0.05) is 13.0 Å². The van der Waals surface area contributed by atoms with E-state index < -0.39 is 0 Å². The molecule has 28 heavy (non-hydrogen) atoms. The lowest BCUT2D eigenvalue weighted by atomic mass is 10.1. The van der Waals surface area contributed by atoms with Gasteiger partial charge in [0.15, 0.2) is 4.34 Å². The van der Waals surface area contributed by atoms with Crippen molar-refractivity contribution in [1.29, 1.82) is 0 Å². The Morgan fingerprint density at radius 1 is 1.07 bits per heavy atom. The van der Waals surface area contributed by atoms with Gasteiger partial charge in [-0.2, -0.15) is 5.10 Å². The minimum Gasteiger partial charge on any atom is -0.356 e. The second kappa shape index (κ2) is 8.99. The van der Waals surface area contributed by atoms with Crippen LogP contribution in [0.4, 0.5) is 5.13 Å². The fraction of sp³-hybridized carbons (Fsp3) is 0.200. The topological polar surface area (TPSA) is 70.5 Å². The maximum Gasteiger partial charge on any atom is 0.253 e. The van der Waals surface area contributed by atoms with E-state index in [1.165, 1.54) is 28.7 Å². The van der Waals surface area contributed by atoms with Gasteiger partial charge < -0.3 is 5.32 Å². The van der Waals surface area contributed by atoms with Gasteiger partial charge in [0.2, 0.25) is 5.13 Å². The first kappa shape index (κ1) is 18.6. The first-order valence-corrected chi connectivity index (χ1v) is 10.8. The molecule has 8 heteroatoms. The molecule has 1 aromatic heterocycles. The number of rotatable bonds is 7. The fourth-order valence-electron chi connectivity index (χ4n) is 2.78. The van der Waals surface area contributed by atoms with Crippen LogP contribution in [0.3, 0.4) is 0 Å². The molecule has 1 aliphatic heterocycles. The molecule has 6 nitrogen and oxygen atoms in total. The lowest BCUT2D eigenvalue weighted by molar-refractivity contribution is -0.127. The number of benzene rings is 2. The third kappa shape index (κ3) is 4.76. The average molecular weight is 410 g/mol. The predicted molar refractivity (Wildman–Crippen MR) is 114 cm³/mol. The Labute approximate surface area is 171 Å². The minimum absolute atomic E-state index is 0.00933. The number of hydrogen-bond donors (Lipinski definition) is 1. The zero-order valence-corrected chi connectivity index (χ0v) is 16.7. The highest BCUT2D eigenvalue weighted by molar-refractivity contribution is 8.01. The zero-order valence-electron chi connectivity index (χ0n) is 15.1. The molecule has 0 aliphatic carbocycles. The van der Waals surface area contributed by atoms with Crippen LogP contribution < -0.4 is 5.32 Å². The van der Waals surface area contributed by atoms with Crippen molar-refractivity contribution in [3.8, 4) is 0 Å². The molecule has 0 saturated heterocycles. The molecule has 1 N–H and O–H groups in total. The monoisotopic (exact) mass is 409 g/mol. The van der Waals surface area contributed by atoms with Gasteiger partial charge >= 0.3 is 0 Å². The van der Waals surface area contributed by atoms with Gasteiger partial charge in [-0.05, 0) is 11.1 Å². The molecular formula is C20H19N5OS2. The smallest absolute Gasteiger partial charge is 0.253 e. The number of carbonyl (C=O) groups excluding carboxylic acids is 1. The van der Waals surface area contributed by atoms with Crippen molar-refractivity contribution in [2.24, 2.45) is 5.10 Å². The maximum absolute atomic E-state index is 12.5. The lowest BCUT2D eigenvalue weighted by Gasteiger charge is -2.09. The van der Waals surface area contributed by atoms with E-state index in [0.717, 1.165) is 27.2 Å². The zero-order chi connectivity index (χ0) is 19.2. The number of amides is 1. The van der Waals surface area contributed by atoms with E-state index >= 15 is 0 Å². The van der Waals surface area contributed by atoms with Crippen molar-refractivity contribution < 1.29 is 4.79 Å². The molecule has 2 aromatic carbocycles. The first-order chi connectivity index (χ1) is 13.8. The third-order valence-corrected chi connectivity index (χ3v) is 6.21. The molecule has 3 aromatic rings. The van der Waals surface area contributed by atoms with Gasteiger partial charge in [-0.3, -0.25) is 4.79 Å². The van der Waals surface area contributed by atoms with Crippen molar-refractivity contribution in [3.63, 3.8) is 0 Å². The Morgan fingerprint density at radius 2 is 1.82 bits per heavy atom. The standard InChI is InChI=1S/C20H19N5OS2/c26-18(25-12-11-17(24-25)16-9-5-2-6-10-16)14-27-20-23-22-19(28-20)21-13-15-7-3-1-4-8-15/h1-10H,11-14H2,(H,21,22). The summed E-state index contributed by atoms with van der Waals surface area (Å²) in [5, 5.41) is 18.4. The SMILES string of the molecule is O=C(CSc1nnc(NCc2ccccc2)s1)N1CCC(c2ccccc2)=N1. The van der Waals surface area contributed by atoms with Crippen LogP contribution in [0.1, 0.15) is 17.5 Å². The largest absolute Gasteiger partial charge is 0.356 e. The quantitative estimate of drug-likeness (QED) is 0.600. The van der Waals surface area contributed by atoms with Gasteiger partial charge in [0.25, 0.3) is 5.91 Å². The molecule has 0 saturated carbocycles. The van der Waals surface area contributed by atoms with Crippen molar-refractivity contribution >= 4 is 39.8 Å². The second-order valence-electron chi connectivity index (χ2n) is 6.18. The Kier molecular flexibility index (Phi) is 5.98. The summed E-state index contributed by atoms with van der Waals surface area (Å²) in [6.45, 7) is 1.33. The van der Waals surface area contributed by atoms with E-state index in [9.17, 15) is 4.79 Å². The van der Waals surface area contributed by atoms with Crippen LogP contribution in [0.5, 0.6) is 0 Å². The predicted octanol–water partition coefficient (Wildman–Crippen LogP) is 3.88. The highest BCUT2D eigenvalue weighted by atomic mass is 32.2. The second-order valence-corrected chi connectivity index (χ2v) is 8.38. The van der Waals surface area contributed by atoms with Gasteiger partial charge in [0.1, 0.15) is 0 Å². The Morgan fingerprint density at radius 3 is 2.61 bits per heavy atom. The van der Waals surface area contributed by atoms with Crippen molar-refractivity contribution in [2.75, 3.05) is 17.6 Å². The molecule has 1 aliphatic rings. The van der Waals surface area contributed by atoms with Crippen molar-refractivity contribution in [2.45, 2.75) is 17.3 Å². The van der Waals surface area contributed by atoms with Crippen LogP contribution in [-0.2, 0) is 11.3 Å². The molecule has 0 bridgehead atoms. The lowest BCUT2D eigenvalue weighted by Crippen LogP contribution is -2.25. The average Bonchev–Trinajstić information content (AvgIpc) is 3.42. The van der Waals surface area contributed by atoms with Crippen molar-refractivity contribution in [3.05, 3.63) is 71.8 Å². The van der Waals surface area contributed by atoms with E-state index in [0.29, 0.717) is 18.8 Å². The molecule has 1 amide bonds. The Hall–Kier alpha value is -2.71. The molecule has 0 atom stereocenters. The van der Waals surface area contributed by atoms with Gasteiger partial charge in [-0.15, -0.1) is 10.2 Å². The molecular weight excluding hydrogens is 390 g/mol. The number of thioether (sulfide) groups is 1. The molecule has 0 radical (unpaired) electrons. The minimum atomic E-state index is -0.00933. The highest BCUT2D eigenvalue weighted by Crippen LogP contribution is 2.26. The van der Waals surface area contributed by atoms with E-state index in [2.05, 4.69) is 32.7 Å². The van der Waals surface area contributed by atoms with E-state index in [1.54, 1.807) is 5.01 Å². The van der Waals surface area contributed by atoms with Crippen LogP contribution in [0.2, 0.25) is 0 Å². The Balaban J connectivity index is 1.27. The summed E-state index contributed by atoms with van der Waals surface area (Å²) in [4.78, 5) is 12.5. The molecule has 4 rings (SSSR count). The summed E-state index contributed by atoms with van der Waals surface area (Å²) in [7, 11) is 0. The Bertz CT molecular complexity index is 959. The highest BCUT2D eigenvalue weighted by Gasteiger charge is 2.22. The maximum atomic E-state index is 12.5. The summed E-state index contributed by atoms with van der Waals surface area (Å²) in [5.74, 6) is 0.295. The van der Waals surface area contributed by atoms with Crippen LogP contribution in [0.15, 0.2) is 70.1 Å². The van der Waals surface area contributed by atoms with Crippen LogP contribution >= 0.6 is 23.1 Å². The number of nitrogens with one attached hydrogen (secondary N) is 1. The van der Waals surface area contributed by atoms with Crippen LogP contribution in [-0.4, -0.2) is 39.1 Å². The molecule has 0 spiro atoms. The van der Waals surface area contributed by atoms with Crippen molar-refractivity contribution in [1.82, 2.24) is 15.2 Å².